The third-order valence-corrected chi connectivity index (χ3v) is 2.80. The first-order valence-corrected chi connectivity index (χ1v) is 5.97. The largest absolute Gasteiger partial charge is 0.311 e. The lowest BCUT2D eigenvalue weighted by molar-refractivity contribution is 0.754. The van der Waals surface area contributed by atoms with Crippen molar-refractivity contribution in [2.24, 2.45) is 5.84 Å². The SMILES string of the molecule is NN(CCCc1ccccc1)c1ccccc1. The van der Waals surface area contributed by atoms with Crippen LogP contribution in [0.1, 0.15) is 12.0 Å². The number of para-hydroxylation sites is 1. The van der Waals surface area contributed by atoms with Crippen LogP contribution in [0.2, 0.25) is 0 Å². The minimum atomic E-state index is 0.874. The van der Waals surface area contributed by atoms with Gasteiger partial charge in [-0.05, 0) is 30.5 Å². The number of hydrogen-bond donors (Lipinski definition) is 1. The molecule has 2 rings (SSSR count). The molecule has 0 radical (unpaired) electrons. The van der Waals surface area contributed by atoms with Crippen LogP contribution in [0.5, 0.6) is 0 Å². The lowest BCUT2D eigenvalue weighted by Gasteiger charge is -2.18. The predicted octanol–water partition coefficient (Wildman–Crippen LogP) is 3.00. The zero-order valence-corrected chi connectivity index (χ0v) is 9.92. The smallest absolute Gasteiger partial charge is 0.0517 e. The first kappa shape index (κ1) is 11.7. The van der Waals surface area contributed by atoms with Gasteiger partial charge in [0.25, 0.3) is 0 Å². The zero-order chi connectivity index (χ0) is 11.9. The number of hydrogen-bond acceptors (Lipinski definition) is 2. The second-order valence-corrected chi connectivity index (χ2v) is 4.12. The maximum absolute atomic E-state index is 5.99. The van der Waals surface area contributed by atoms with Crippen molar-refractivity contribution in [2.75, 3.05) is 11.6 Å². The van der Waals surface area contributed by atoms with Gasteiger partial charge in [-0.2, -0.15) is 0 Å². The average Bonchev–Trinajstić information content (AvgIpc) is 2.41. The van der Waals surface area contributed by atoms with Crippen molar-refractivity contribution in [2.45, 2.75) is 12.8 Å². The Kier molecular flexibility index (Phi) is 4.17. The van der Waals surface area contributed by atoms with Gasteiger partial charge in [-0.15, -0.1) is 0 Å². The zero-order valence-electron chi connectivity index (χ0n) is 9.92. The number of anilines is 1. The summed E-state index contributed by atoms with van der Waals surface area (Å²) in [6.45, 7) is 0.874. The lowest BCUT2D eigenvalue weighted by atomic mass is 10.1. The standard InChI is InChI=1S/C15H18N2/c16-17(15-11-5-2-6-12-15)13-7-10-14-8-3-1-4-9-14/h1-6,8-9,11-12H,7,10,13,16H2. The fraction of sp³-hybridized carbons (Fsp3) is 0.200. The summed E-state index contributed by atoms with van der Waals surface area (Å²) in [4.78, 5) is 0. The lowest BCUT2D eigenvalue weighted by Crippen LogP contribution is -2.31. The van der Waals surface area contributed by atoms with Crippen molar-refractivity contribution in [3.63, 3.8) is 0 Å². The van der Waals surface area contributed by atoms with E-state index < -0.39 is 0 Å². The van der Waals surface area contributed by atoms with Gasteiger partial charge >= 0.3 is 0 Å². The Morgan fingerprint density at radius 1 is 0.824 bits per heavy atom. The van der Waals surface area contributed by atoms with Crippen LogP contribution in [0.25, 0.3) is 0 Å². The molecule has 0 aliphatic rings. The highest BCUT2D eigenvalue weighted by atomic mass is 15.4. The van der Waals surface area contributed by atoms with Crippen LogP contribution in [-0.2, 0) is 6.42 Å². The molecule has 0 spiro atoms. The number of nitrogens with two attached hydrogens (primary N) is 1. The van der Waals surface area contributed by atoms with Crippen LogP contribution in [-0.4, -0.2) is 6.54 Å². The number of aryl methyl sites for hydroxylation is 1. The fourth-order valence-corrected chi connectivity index (χ4v) is 1.85. The van der Waals surface area contributed by atoms with Crippen LogP contribution >= 0.6 is 0 Å². The summed E-state index contributed by atoms with van der Waals surface area (Å²) in [6, 6.07) is 20.6. The molecule has 0 amide bonds. The molecular formula is C15H18N2. The molecule has 0 aliphatic carbocycles. The van der Waals surface area contributed by atoms with Crippen LogP contribution < -0.4 is 10.9 Å². The van der Waals surface area contributed by atoms with E-state index in [1.54, 1.807) is 0 Å². The fourth-order valence-electron chi connectivity index (χ4n) is 1.85. The molecular weight excluding hydrogens is 208 g/mol. The molecule has 0 fully saturated rings. The molecule has 0 heterocycles. The number of hydrazine groups is 1. The van der Waals surface area contributed by atoms with E-state index in [-0.39, 0.29) is 0 Å². The average molecular weight is 226 g/mol. The number of rotatable bonds is 5. The third kappa shape index (κ3) is 3.61. The maximum atomic E-state index is 5.99. The summed E-state index contributed by atoms with van der Waals surface area (Å²) in [6.07, 6.45) is 2.14. The second-order valence-electron chi connectivity index (χ2n) is 4.12. The van der Waals surface area contributed by atoms with Gasteiger partial charge in [0.1, 0.15) is 0 Å². The molecule has 2 heteroatoms. The van der Waals surface area contributed by atoms with E-state index in [4.69, 9.17) is 5.84 Å². The van der Waals surface area contributed by atoms with Crippen LogP contribution in [0.3, 0.4) is 0 Å². The number of benzene rings is 2. The van der Waals surface area contributed by atoms with Gasteiger partial charge in [0.2, 0.25) is 0 Å². The molecule has 0 atom stereocenters. The monoisotopic (exact) mass is 226 g/mol. The van der Waals surface area contributed by atoms with E-state index in [2.05, 4.69) is 24.3 Å². The molecule has 2 aromatic carbocycles. The molecule has 0 aromatic heterocycles. The van der Waals surface area contributed by atoms with Gasteiger partial charge in [-0.3, -0.25) is 0 Å². The highest BCUT2D eigenvalue weighted by Gasteiger charge is 2.00. The van der Waals surface area contributed by atoms with Gasteiger partial charge in [-0.1, -0.05) is 48.5 Å². The summed E-state index contributed by atoms with van der Waals surface area (Å²) < 4.78 is 0. The van der Waals surface area contributed by atoms with E-state index in [0.29, 0.717) is 0 Å². The van der Waals surface area contributed by atoms with Crippen LogP contribution in [0, 0.1) is 0 Å². The van der Waals surface area contributed by atoms with E-state index in [9.17, 15) is 0 Å². The van der Waals surface area contributed by atoms with Gasteiger partial charge in [-0.25, -0.2) is 5.84 Å². The first-order chi connectivity index (χ1) is 8.36. The van der Waals surface area contributed by atoms with Crippen molar-refractivity contribution < 1.29 is 0 Å². The molecule has 0 bridgehead atoms. The van der Waals surface area contributed by atoms with Crippen molar-refractivity contribution in [3.8, 4) is 0 Å². The minimum Gasteiger partial charge on any atom is -0.311 e. The summed E-state index contributed by atoms with van der Waals surface area (Å²) in [5, 5.41) is 1.81. The Bertz CT molecular complexity index is 425. The van der Waals surface area contributed by atoms with Crippen LogP contribution in [0.4, 0.5) is 5.69 Å². The van der Waals surface area contributed by atoms with Gasteiger partial charge < -0.3 is 5.01 Å². The van der Waals surface area contributed by atoms with Crippen molar-refractivity contribution in [3.05, 3.63) is 66.2 Å². The normalized spacial score (nSPS) is 10.2. The van der Waals surface area contributed by atoms with Crippen LogP contribution in [0.15, 0.2) is 60.7 Å². The minimum absolute atomic E-state index is 0.874. The summed E-state index contributed by atoms with van der Waals surface area (Å²) in [7, 11) is 0. The van der Waals surface area contributed by atoms with E-state index in [0.717, 1.165) is 25.1 Å². The first-order valence-electron chi connectivity index (χ1n) is 5.97. The predicted molar refractivity (Wildman–Crippen MR) is 72.7 cm³/mol. The highest BCUT2D eigenvalue weighted by Crippen LogP contribution is 2.10. The molecule has 88 valence electrons. The Hall–Kier alpha value is -1.80. The maximum Gasteiger partial charge on any atom is 0.0517 e. The van der Waals surface area contributed by atoms with Crippen molar-refractivity contribution in [1.29, 1.82) is 0 Å². The van der Waals surface area contributed by atoms with Gasteiger partial charge in [0, 0.05) is 6.54 Å². The summed E-state index contributed by atoms with van der Waals surface area (Å²) in [5.74, 6) is 5.99. The summed E-state index contributed by atoms with van der Waals surface area (Å²) >= 11 is 0. The van der Waals surface area contributed by atoms with E-state index in [1.807, 2.05) is 41.4 Å². The molecule has 0 unspecified atom stereocenters. The topological polar surface area (TPSA) is 29.3 Å². The Morgan fingerprint density at radius 3 is 2.06 bits per heavy atom. The third-order valence-electron chi connectivity index (χ3n) is 2.80. The van der Waals surface area contributed by atoms with E-state index in [1.165, 1.54) is 5.56 Å². The summed E-state index contributed by atoms with van der Waals surface area (Å²) in [5.41, 5.74) is 2.44. The van der Waals surface area contributed by atoms with E-state index >= 15 is 0 Å². The highest BCUT2D eigenvalue weighted by molar-refractivity contribution is 5.44. The second kappa shape index (κ2) is 6.06. The van der Waals surface area contributed by atoms with Gasteiger partial charge in [0.05, 0.1) is 5.69 Å². The number of nitrogens with zero attached hydrogens (tertiary/aromatic N) is 1. The molecule has 17 heavy (non-hydrogen) atoms. The molecule has 2 aromatic rings. The Labute approximate surface area is 103 Å². The Morgan fingerprint density at radius 2 is 1.41 bits per heavy atom. The molecule has 0 aliphatic heterocycles. The van der Waals surface area contributed by atoms with Crippen molar-refractivity contribution in [1.82, 2.24) is 0 Å². The van der Waals surface area contributed by atoms with Gasteiger partial charge in [0.15, 0.2) is 0 Å². The van der Waals surface area contributed by atoms with Crippen molar-refractivity contribution >= 4 is 5.69 Å². The quantitative estimate of drug-likeness (QED) is 0.627. The molecule has 0 saturated heterocycles. The molecule has 2 N–H and O–H groups in total. The molecule has 0 saturated carbocycles. The molecule has 2 nitrogen and oxygen atoms in total. The Balaban J connectivity index is 1.79.